The van der Waals surface area contributed by atoms with Crippen molar-refractivity contribution in [1.82, 2.24) is 5.32 Å². The highest BCUT2D eigenvalue weighted by molar-refractivity contribution is 4.94. The summed E-state index contributed by atoms with van der Waals surface area (Å²) in [4.78, 5) is 0. The van der Waals surface area contributed by atoms with Gasteiger partial charge in [-0.05, 0) is 19.2 Å². The molecule has 0 aromatic carbocycles. The van der Waals surface area contributed by atoms with E-state index in [0.717, 1.165) is 0 Å². The predicted molar refractivity (Wildman–Crippen MR) is 55.6 cm³/mol. The second-order valence-electron chi connectivity index (χ2n) is 1.29. The van der Waals surface area contributed by atoms with Crippen LogP contribution in [0.5, 0.6) is 0 Å². The highest BCUT2D eigenvalue weighted by Gasteiger charge is 1.50. The highest BCUT2D eigenvalue weighted by Crippen LogP contribution is 1.61. The third-order valence-electron chi connectivity index (χ3n) is 0.399. The van der Waals surface area contributed by atoms with Crippen LogP contribution in [0.2, 0.25) is 0 Å². The molecule has 0 bridgehead atoms. The van der Waals surface area contributed by atoms with Crippen LogP contribution < -0.4 is 5.32 Å². The molecule has 0 aromatic rings. The van der Waals surface area contributed by atoms with E-state index in [4.69, 9.17) is 0 Å². The summed E-state index contributed by atoms with van der Waals surface area (Å²) in [7, 11) is 1.85. The van der Waals surface area contributed by atoms with Crippen LogP contribution in [-0.4, -0.2) is 7.05 Å². The van der Waals surface area contributed by atoms with E-state index in [1.165, 1.54) is 0 Å². The molecule has 0 aliphatic carbocycles. The largest absolute Gasteiger partial charge is 0.394 e. The lowest BCUT2D eigenvalue weighted by molar-refractivity contribution is 1.10. The van der Waals surface area contributed by atoms with Gasteiger partial charge < -0.3 is 5.32 Å². The van der Waals surface area contributed by atoms with Gasteiger partial charge in [0.25, 0.3) is 0 Å². The van der Waals surface area contributed by atoms with Crippen molar-refractivity contribution >= 4 is 0 Å². The molecule has 0 aromatic heterocycles. The molecule has 0 amide bonds. The monoisotopic (exact) mass is 155 g/mol. The van der Waals surface area contributed by atoms with Crippen LogP contribution in [0.25, 0.3) is 0 Å². The van der Waals surface area contributed by atoms with E-state index in [0.29, 0.717) is 0 Å². The topological polar surface area (TPSA) is 12.0 Å². The average Bonchev–Trinajstić information content (AvgIpc) is 2.06. The van der Waals surface area contributed by atoms with Crippen molar-refractivity contribution in [3.8, 4) is 0 Å². The van der Waals surface area contributed by atoms with Crippen molar-refractivity contribution in [3.05, 3.63) is 37.6 Å². The molecule has 0 saturated carbocycles. The first-order chi connectivity index (χ1) is 5.33. The van der Waals surface area contributed by atoms with E-state index in [1.54, 1.807) is 12.2 Å². The van der Waals surface area contributed by atoms with E-state index in [-0.39, 0.29) is 0 Å². The van der Waals surface area contributed by atoms with Crippen LogP contribution in [0, 0.1) is 0 Å². The van der Waals surface area contributed by atoms with E-state index >= 15 is 0 Å². The minimum atomic E-state index is 1.72. The summed E-state index contributed by atoms with van der Waals surface area (Å²) in [5.41, 5.74) is 0. The summed E-state index contributed by atoms with van der Waals surface area (Å²) in [5, 5.41) is 2.82. The third kappa shape index (κ3) is 109. The van der Waals surface area contributed by atoms with Crippen molar-refractivity contribution < 1.29 is 0 Å². The zero-order valence-corrected chi connectivity index (χ0v) is 8.22. The molecule has 1 N–H and O–H groups in total. The molecule has 1 nitrogen and oxygen atoms in total. The van der Waals surface area contributed by atoms with Crippen molar-refractivity contribution in [1.29, 1.82) is 0 Å². The molecular weight excluding hydrogens is 134 g/mol. The molecule has 0 rings (SSSR count). The van der Waals surface area contributed by atoms with Crippen molar-refractivity contribution in [2.75, 3.05) is 7.05 Å². The maximum Gasteiger partial charge on any atom is 0.00277 e. The van der Waals surface area contributed by atoms with Gasteiger partial charge >= 0.3 is 0 Å². The highest BCUT2D eigenvalue weighted by atomic mass is 14.8. The van der Waals surface area contributed by atoms with Crippen molar-refractivity contribution in [2.45, 2.75) is 20.8 Å². The summed E-state index contributed by atoms with van der Waals surface area (Å²) < 4.78 is 0. The van der Waals surface area contributed by atoms with Crippen molar-refractivity contribution in [2.24, 2.45) is 0 Å². The summed E-state index contributed by atoms with van der Waals surface area (Å²) >= 11 is 0. The van der Waals surface area contributed by atoms with Crippen LogP contribution in [-0.2, 0) is 0 Å². The third-order valence-corrected chi connectivity index (χ3v) is 0.399. The average molecular weight is 155 g/mol. The van der Waals surface area contributed by atoms with Gasteiger partial charge in [0.15, 0.2) is 0 Å². The number of nitrogens with one attached hydrogen (secondary N) is 1. The smallest absolute Gasteiger partial charge is 0.00277 e. The van der Waals surface area contributed by atoms with Crippen LogP contribution >= 0.6 is 0 Å². The van der Waals surface area contributed by atoms with Crippen LogP contribution in [0.15, 0.2) is 37.6 Å². The Balaban J connectivity index is -0.000000109. The van der Waals surface area contributed by atoms with E-state index in [1.807, 2.05) is 40.1 Å². The van der Waals surface area contributed by atoms with Gasteiger partial charge in [-0.1, -0.05) is 32.6 Å². The molecule has 0 unspecified atom stereocenters. The molecule has 0 spiro atoms. The van der Waals surface area contributed by atoms with Gasteiger partial charge in [0.1, 0.15) is 0 Å². The number of hydrogen-bond donors (Lipinski definition) is 1. The fourth-order valence-corrected chi connectivity index (χ4v) is 0.164. The zero-order chi connectivity index (χ0) is 9.54. The Hall–Kier alpha value is -0.980. The zero-order valence-electron chi connectivity index (χ0n) is 8.22. The second kappa shape index (κ2) is 35.9. The molecule has 1 heteroatoms. The van der Waals surface area contributed by atoms with E-state index in [9.17, 15) is 0 Å². The lowest BCUT2D eigenvalue weighted by Gasteiger charge is -1.76. The number of rotatable bonds is 2. The summed E-state index contributed by atoms with van der Waals surface area (Å²) in [6, 6.07) is 0. The normalized spacial score (nSPS) is 6.55. The lowest BCUT2D eigenvalue weighted by atomic mass is 10.6. The van der Waals surface area contributed by atoms with E-state index in [2.05, 4.69) is 18.5 Å². The van der Waals surface area contributed by atoms with E-state index < -0.39 is 0 Å². The van der Waals surface area contributed by atoms with Gasteiger partial charge in [0, 0.05) is 7.05 Å². The van der Waals surface area contributed by atoms with Crippen molar-refractivity contribution in [3.63, 3.8) is 0 Å². The second-order valence-corrected chi connectivity index (χ2v) is 1.29. The van der Waals surface area contributed by atoms with Crippen LogP contribution in [0.3, 0.4) is 0 Å². The molecule has 0 aliphatic rings. The number of allylic oxidation sites excluding steroid dienone is 3. The quantitative estimate of drug-likeness (QED) is 0.477. The molecule has 0 saturated heterocycles. The van der Waals surface area contributed by atoms with Gasteiger partial charge in [0.05, 0.1) is 0 Å². The molecule has 0 atom stereocenters. The maximum absolute atomic E-state index is 3.47. The molecule has 0 fully saturated rings. The predicted octanol–water partition coefficient (Wildman–Crippen LogP) is 3.12. The summed E-state index contributed by atoms with van der Waals surface area (Å²) in [5.74, 6) is 0. The Bertz CT molecular complexity index is 82.9. The van der Waals surface area contributed by atoms with Crippen LogP contribution in [0.4, 0.5) is 0 Å². The lowest BCUT2D eigenvalue weighted by Crippen LogP contribution is -1.89. The first kappa shape index (κ1) is 16.5. The van der Waals surface area contributed by atoms with Gasteiger partial charge in [-0.15, -0.1) is 6.58 Å². The molecule has 0 heterocycles. The Morgan fingerprint density at radius 1 is 1.18 bits per heavy atom. The molecule has 0 aliphatic heterocycles. The fourth-order valence-electron chi connectivity index (χ4n) is 0.164. The van der Waals surface area contributed by atoms with Gasteiger partial charge in [-0.3, -0.25) is 0 Å². The van der Waals surface area contributed by atoms with Gasteiger partial charge in [-0.25, -0.2) is 0 Å². The molecule has 66 valence electrons. The van der Waals surface area contributed by atoms with Gasteiger partial charge in [0.2, 0.25) is 0 Å². The van der Waals surface area contributed by atoms with Crippen LogP contribution in [0.1, 0.15) is 20.8 Å². The molecule has 11 heavy (non-hydrogen) atoms. The minimum absolute atomic E-state index is 1.72. The summed E-state index contributed by atoms with van der Waals surface area (Å²) in [6.45, 7) is 12.7. The Morgan fingerprint density at radius 2 is 1.55 bits per heavy atom. The standard InChI is InChI=1S/C5H9N.C3H6.C2H6/c1-3-4-5-6-2;1-3-2;1-2/h3-6H,1H2,2H3;3H,1H2,2H3;1-2H3/b5-4+;;. The first-order valence-electron chi connectivity index (χ1n) is 3.85. The van der Waals surface area contributed by atoms with Gasteiger partial charge in [-0.2, -0.15) is 0 Å². The first-order valence-corrected chi connectivity index (χ1v) is 3.85. The Morgan fingerprint density at radius 3 is 1.64 bits per heavy atom. The minimum Gasteiger partial charge on any atom is -0.394 e. The Kier molecular flexibility index (Phi) is 54.0. The fraction of sp³-hybridized carbons (Fsp3) is 0.400. The Labute approximate surface area is 71.5 Å². The summed E-state index contributed by atoms with van der Waals surface area (Å²) in [6.07, 6.45) is 7.11. The maximum atomic E-state index is 3.47. The number of hydrogen-bond acceptors (Lipinski definition) is 1. The molecular formula is C10H21N. The molecule has 0 radical (unpaired) electrons. The SMILES string of the molecule is C=C/C=C/NC.C=CC.CC.